The van der Waals surface area contributed by atoms with Crippen molar-refractivity contribution >= 4 is 0 Å². The van der Waals surface area contributed by atoms with Crippen molar-refractivity contribution < 1.29 is 14.6 Å². The topological polar surface area (TPSA) is 38.7 Å². The number of ether oxygens (including phenoxy) is 2. The summed E-state index contributed by atoms with van der Waals surface area (Å²) in [6.07, 6.45) is 5.32. The number of rotatable bonds is 4. The van der Waals surface area contributed by atoms with E-state index in [1.54, 1.807) is 7.11 Å². The zero-order valence-corrected chi connectivity index (χ0v) is 11.3. The van der Waals surface area contributed by atoms with Gasteiger partial charge in [-0.3, -0.25) is 0 Å². The van der Waals surface area contributed by atoms with Gasteiger partial charge in [-0.05, 0) is 30.5 Å². The minimum atomic E-state index is -0.147. The highest BCUT2D eigenvalue weighted by Crippen LogP contribution is 2.24. The zero-order chi connectivity index (χ0) is 13.5. The largest absolute Gasteiger partial charge is 0.495 e. The van der Waals surface area contributed by atoms with Gasteiger partial charge in [0.1, 0.15) is 12.4 Å². The molecular weight excluding hydrogens is 240 g/mol. The molecule has 1 N–H and O–H groups in total. The summed E-state index contributed by atoms with van der Waals surface area (Å²) in [5.74, 6) is 6.28. The van der Waals surface area contributed by atoms with Crippen LogP contribution in [0.25, 0.3) is 0 Å². The van der Waals surface area contributed by atoms with Crippen molar-refractivity contribution in [3.8, 4) is 17.6 Å². The Morgan fingerprint density at radius 3 is 2.79 bits per heavy atom. The van der Waals surface area contributed by atoms with E-state index >= 15 is 0 Å². The highest BCUT2D eigenvalue weighted by atomic mass is 16.5. The van der Waals surface area contributed by atoms with E-state index in [0.29, 0.717) is 12.7 Å². The minimum Gasteiger partial charge on any atom is -0.495 e. The van der Waals surface area contributed by atoms with Crippen LogP contribution in [0.15, 0.2) is 18.2 Å². The number of aliphatic hydroxyl groups is 1. The molecule has 0 saturated heterocycles. The van der Waals surface area contributed by atoms with E-state index in [2.05, 4.69) is 11.8 Å². The van der Waals surface area contributed by atoms with Crippen molar-refractivity contribution in [3.63, 3.8) is 0 Å². The molecule has 3 heteroatoms. The van der Waals surface area contributed by atoms with E-state index in [9.17, 15) is 0 Å². The molecule has 1 aromatic carbocycles. The minimum absolute atomic E-state index is 0.147. The van der Waals surface area contributed by atoms with E-state index in [0.717, 1.165) is 16.9 Å². The average molecular weight is 260 g/mol. The molecule has 0 amide bonds. The van der Waals surface area contributed by atoms with Crippen molar-refractivity contribution in [3.05, 3.63) is 29.3 Å². The Hall–Kier alpha value is -1.50. The van der Waals surface area contributed by atoms with Gasteiger partial charge in [-0.1, -0.05) is 30.7 Å². The third kappa shape index (κ3) is 3.99. The van der Waals surface area contributed by atoms with Crippen LogP contribution in [0.2, 0.25) is 0 Å². The number of hydrogen-bond donors (Lipinski definition) is 1. The van der Waals surface area contributed by atoms with Crippen LogP contribution in [0.1, 0.15) is 36.8 Å². The van der Waals surface area contributed by atoms with E-state index in [-0.39, 0.29) is 6.61 Å². The van der Waals surface area contributed by atoms with Crippen LogP contribution in [0, 0.1) is 11.8 Å². The lowest BCUT2D eigenvalue weighted by Gasteiger charge is -2.12. The summed E-state index contributed by atoms with van der Waals surface area (Å²) in [5, 5.41) is 8.77. The molecular formula is C16H20O3. The van der Waals surface area contributed by atoms with Gasteiger partial charge in [-0.2, -0.15) is 0 Å². The van der Waals surface area contributed by atoms with E-state index in [1.807, 2.05) is 18.2 Å². The maximum Gasteiger partial charge on any atom is 0.134 e. The van der Waals surface area contributed by atoms with E-state index in [1.165, 1.54) is 25.7 Å². The van der Waals surface area contributed by atoms with Crippen LogP contribution >= 0.6 is 0 Å². The highest BCUT2D eigenvalue weighted by Gasteiger charge is 2.15. The monoisotopic (exact) mass is 260 g/mol. The molecule has 0 unspecified atom stereocenters. The van der Waals surface area contributed by atoms with Crippen LogP contribution in [0.4, 0.5) is 0 Å². The fourth-order valence-corrected chi connectivity index (χ4v) is 2.35. The molecule has 1 aliphatic carbocycles. The fourth-order valence-electron chi connectivity index (χ4n) is 2.35. The van der Waals surface area contributed by atoms with E-state index < -0.39 is 0 Å². The first-order valence-corrected chi connectivity index (χ1v) is 6.71. The summed E-state index contributed by atoms with van der Waals surface area (Å²) in [7, 11) is 1.62. The molecule has 0 atom stereocenters. The van der Waals surface area contributed by atoms with Crippen molar-refractivity contribution in [1.29, 1.82) is 0 Å². The molecule has 3 nitrogen and oxygen atoms in total. The predicted molar refractivity (Wildman–Crippen MR) is 74.0 cm³/mol. The molecule has 1 aliphatic rings. The van der Waals surface area contributed by atoms with E-state index in [4.69, 9.17) is 14.6 Å². The Bertz CT molecular complexity index is 465. The fraction of sp³-hybridized carbons (Fsp3) is 0.500. The summed E-state index contributed by atoms with van der Waals surface area (Å²) < 4.78 is 11.1. The number of aliphatic hydroxyl groups excluding tert-OH is 1. The van der Waals surface area contributed by atoms with Gasteiger partial charge in [0.2, 0.25) is 0 Å². The van der Waals surface area contributed by atoms with Gasteiger partial charge in [-0.15, -0.1) is 0 Å². The van der Waals surface area contributed by atoms with Gasteiger partial charge in [0.15, 0.2) is 0 Å². The molecule has 1 saturated carbocycles. The van der Waals surface area contributed by atoms with Gasteiger partial charge >= 0.3 is 0 Å². The van der Waals surface area contributed by atoms with Crippen LogP contribution in [0.5, 0.6) is 5.75 Å². The Kier molecular flexibility index (Phi) is 5.26. The zero-order valence-electron chi connectivity index (χ0n) is 11.3. The van der Waals surface area contributed by atoms with Gasteiger partial charge < -0.3 is 14.6 Å². The second-order valence-corrected chi connectivity index (χ2v) is 4.71. The average Bonchev–Trinajstić information content (AvgIpc) is 2.96. The van der Waals surface area contributed by atoms with Crippen molar-refractivity contribution in [2.24, 2.45) is 0 Å². The van der Waals surface area contributed by atoms with Crippen molar-refractivity contribution in [2.45, 2.75) is 38.4 Å². The summed E-state index contributed by atoms with van der Waals surface area (Å²) in [6, 6.07) is 5.86. The Labute approximate surface area is 114 Å². The standard InChI is InChI=1S/C16H20O3/c1-18-16-9-8-13(11-14(16)5-4-10-17)12-19-15-6-2-3-7-15/h8-9,11,15,17H,2-3,6-7,10,12H2,1H3. The third-order valence-corrected chi connectivity index (χ3v) is 3.35. The smallest absolute Gasteiger partial charge is 0.134 e. The first-order chi connectivity index (χ1) is 9.33. The summed E-state index contributed by atoms with van der Waals surface area (Å²) in [5.41, 5.74) is 1.89. The van der Waals surface area contributed by atoms with Gasteiger partial charge in [0, 0.05) is 0 Å². The molecule has 0 radical (unpaired) electrons. The molecule has 0 aromatic heterocycles. The van der Waals surface area contributed by atoms with Crippen molar-refractivity contribution in [2.75, 3.05) is 13.7 Å². The van der Waals surface area contributed by atoms with Crippen LogP contribution in [-0.2, 0) is 11.3 Å². The third-order valence-electron chi connectivity index (χ3n) is 3.35. The molecule has 1 fully saturated rings. The number of methoxy groups -OCH3 is 1. The van der Waals surface area contributed by atoms with Gasteiger partial charge in [0.25, 0.3) is 0 Å². The molecule has 102 valence electrons. The van der Waals surface area contributed by atoms with Crippen molar-refractivity contribution in [1.82, 2.24) is 0 Å². The second kappa shape index (κ2) is 7.18. The normalized spacial score (nSPS) is 15.1. The summed E-state index contributed by atoms with van der Waals surface area (Å²) in [4.78, 5) is 0. The lowest BCUT2D eigenvalue weighted by atomic mass is 10.1. The van der Waals surface area contributed by atoms with Gasteiger partial charge in [-0.25, -0.2) is 0 Å². The molecule has 0 bridgehead atoms. The molecule has 0 heterocycles. The molecule has 19 heavy (non-hydrogen) atoms. The maximum absolute atomic E-state index is 8.77. The molecule has 1 aromatic rings. The highest BCUT2D eigenvalue weighted by molar-refractivity contribution is 5.48. The number of hydrogen-bond acceptors (Lipinski definition) is 3. The first-order valence-electron chi connectivity index (χ1n) is 6.71. The first kappa shape index (κ1) is 13.9. The molecule has 0 spiro atoms. The molecule has 0 aliphatic heterocycles. The Morgan fingerprint density at radius 1 is 1.32 bits per heavy atom. The van der Waals surface area contributed by atoms with Gasteiger partial charge in [0.05, 0.1) is 25.4 Å². The number of benzene rings is 1. The second-order valence-electron chi connectivity index (χ2n) is 4.71. The Balaban J connectivity index is 2.03. The lowest BCUT2D eigenvalue weighted by Crippen LogP contribution is -2.07. The summed E-state index contributed by atoms with van der Waals surface area (Å²) >= 11 is 0. The predicted octanol–water partition coefficient (Wildman–Crippen LogP) is 2.50. The van der Waals surface area contributed by atoms with Crippen LogP contribution < -0.4 is 4.74 Å². The summed E-state index contributed by atoms with van der Waals surface area (Å²) in [6.45, 7) is 0.467. The Morgan fingerprint density at radius 2 is 2.11 bits per heavy atom. The van der Waals surface area contributed by atoms with Crippen LogP contribution in [0.3, 0.4) is 0 Å². The lowest BCUT2D eigenvalue weighted by molar-refractivity contribution is 0.0456. The maximum atomic E-state index is 8.77. The SMILES string of the molecule is COc1ccc(COC2CCCC2)cc1C#CCO. The molecule has 2 rings (SSSR count). The van der Waals surface area contributed by atoms with Crippen LogP contribution in [-0.4, -0.2) is 24.9 Å². The quantitative estimate of drug-likeness (QED) is 0.845.